The van der Waals surface area contributed by atoms with Crippen molar-refractivity contribution >= 4 is 17.2 Å². The maximum Gasteiger partial charge on any atom is 0.263 e. The minimum absolute atomic E-state index is 0.00619. The summed E-state index contributed by atoms with van der Waals surface area (Å²) in [6.45, 7) is 12.6. The lowest BCUT2D eigenvalue weighted by Crippen LogP contribution is -2.64. The van der Waals surface area contributed by atoms with E-state index in [1.165, 1.54) is 24.2 Å². The summed E-state index contributed by atoms with van der Waals surface area (Å²) in [5.41, 5.74) is 2.67. The number of hydrogen-bond acceptors (Lipinski definition) is 5. The van der Waals surface area contributed by atoms with Crippen LogP contribution in [0.2, 0.25) is 0 Å². The van der Waals surface area contributed by atoms with E-state index < -0.39 is 0 Å². The molecule has 146 valence electrons. The number of morpholine rings is 1. The molecule has 5 nitrogen and oxygen atoms in total. The number of carbonyl (C=O) groups is 1. The zero-order valence-corrected chi connectivity index (χ0v) is 17.5. The van der Waals surface area contributed by atoms with E-state index in [1.807, 2.05) is 6.92 Å². The highest BCUT2D eigenvalue weighted by molar-refractivity contribution is 7.11. The van der Waals surface area contributed by atoms with E-state index in [4.69, 9.17) is 4.74 Å². The van der Waals surface area contributed by atoms with Crippen LogP contribution in [0.25, 0.3) is 0 Å². The molecule has 1 saturated carbocycles. The van der Waals surface area contributed by atoms with Gasteiger partial charge in [-0.05, 0) is 38.1 Å². The Balaban J connectivity index is 1.68. The van der Waals surface area contributed by atoms with Crippen molar-refractivity contribution in [1.29, 1.82) is 0 Å². The van der Waals surface area contributed by atoms with Gasteiger partial charge < -0.3 is 10.1 Å². The topological polar surface area (TPSA) is 54.5 Å². The SMILES string of the molecule is Cc1ncsc1C(=O)N[C@H]1CCCC[C@]12CN(CCC(C)(C)C)CCO2. The standard InChI is InChI=1S/C20H33N3O2S/c1-15-17(26-14-21-15)18(24)22-16-7-5-6-8-20(16)13-23(11-12-25-20)10-9-19(2,3)4/h14,16H,5-13H2,1-4H3,(H,22,24)/t16-,20-/m0/s1. The van der Waals surface area contributed by atoms with Crippen molar-refractivity contribution < 1.29 is 9.53 Å². The fourth-order valence-electron chi connectivity index (χ4n) is 4.08. The minimum Gasteiger partial charge on any atom is -0.370 e. The highest BCUT2D eigenvalue weighted by Crippen LogP contribution is 2.35. The first kappa shape index (κ1) is 19.8. The highest BCUT2D eigenvalue weighted by Gasteiger charge is 2.46. The van der Waals surface area contributed by atoms with Crippen LogP contribution in [0.1, 0.15) is 68.2 Å². The molecule has 0 radical (unpaired) electrons. The maximum atomic E-state index is 12.7. The van der Waals surface area contributed by atoms with Gasteiger partial charge in [0.1, 0.15) is 10.5 Å². The Hall–Kier alpha value is -0.980. The Morgan fingerprint density at radius 2 is 2.27 bits per heavy atom. The van der Waals surface area contributed by atoms with E-state index in [0.29, 0.717) is 5.41 Å². The second kappa shape index (κ2) is 7.95. The summed E-state index contributed by atoms with van der Waals surface area (Å²) < 4.78 is 6.36. The molecule has 1 aliphatic heterocycles. The van der Waals surface area contributed by atoms with Crippen LogP contribution in [0.4, 0.5) is 0 Å². The second-order valence-electron chi connectivity index (χ2n) is 9.04. The largest absolute Gasteiger partial charge is 0.370 e. The van der Waals surface area contributed by atoms with Crippen LogP contribution in [-0.4, -0.2) is 53.7 Å². The van der Waals surface area contributed by atoms with Crippen molar-refractivity contribution in [2.75, 3.05) is 26.2 Å². The van der Waals surface area contributed by atoms with E-state index in [1.54, 1.807) is 5.51 Å². The molecule has 1 saturated heterocycles. The predicted molar refractivity (Wildman–Crippen MR) is 106 cm³/mol. The molecule has 0 aromatic carbocycles. The molecular formula is C20H33N3O2S. The molecule has 2 fully saturated rings. The molecule has 3 rings (SSSR count). The molecule has 1 spiro atoms. The molecule has 2 atom stereocenters. The number of amides is 1. The molecule has 6 heteroatoms. The van der Waals surface area contributed by atoms with Gasteiger partial charge in [0.25, 0.3) is 5.91 Å². The summed E-state index contributed by atoms with van der Waals surface area (Å²) in [5, 5.41) is 3.30. The van der Waals surface area contributed by atoms with Crippen molar-refractivity contribution in [3.05, 3.63) is 16.1 Å². The zero-order valence-electron chi connectivity index (χ0n) is 16.6. The number of carbonyl (C=O) groups excluding carboxylic acids is 1. The van der Waals surface area contributed by atoms with Gasteiger partial charge >= 0.3 is 0 Å². The van der Waals surface area contributed by atoms with Gasteiger partial charge in [-0.25, -0.2) is 4.98 Å². The van der Waals surface area contributed by atoms with Crippen LogP contribution in [0.15, 0.2) is 5.51 Å². The zero-order chi connectivity index (χ0) is 18.8. The van der Waals surface area contributed by atoms with Crippen molar-refractivity contribution in [3.8, 4) is 0 Å². The van der Waals surface area contributed by atoms with Gasteiger partial charge in [-0.1, -0.05) is 33.6 Å². The fourth-order valence-corrected chi connectivity index (χ4v) is 4.79. The lowest BCUT2D eigenvalue weighted by atomic mass is 9.78. The minimum atomic E-state index is -0.233. The first-order valence-electron chi connectivity index (χ1n) is 9.86. The Kier molecular flexibility index (Phi) is 6.04. The van der Waals surface area contributed by atoms with Crippen LogP contribution < -0.4 is 5.32 Å². The molecular weight excluding hydrogens is 346 g/mol. The summed E-state index contributed by atoms with van der Waals surface area (Å²) in [4.78, 5) is 20.2. The van der Waals surface area contributed by atoms with Gasteiger partial charge in [0, 0.05) is 13.1 Å². The summed E-state index contributed by atoms with van der Waals surface area (Å²) in [5.74, 6) is 0.00619. The van der Waals surface area contributed by atoms with Gasteiger partial charge in [0.2, 0.25) is 0 Å². The van der Waals surface area contributed by atoms with Crippen LogP contribution in [0.5, 0.6) is 0 Å². The molecule has 26 heavy (non-hydrogen) atoms. The van der Waals surface area contributed by atoms with Gasteiger partial charge in [-0.15, -0.1) is 11.3 Å². The molecule has 1 aromatic rings. The van der Waals surface area contributed by atoms with Crippen LogP contribution >= 0.6 is 11.3 Å². The number of nitrogens with one attached hydrogen (secondary N) is 1. The summed E-state index contributed by atoms with van der Waals surface area (Å²) in [6.07, 6.45) is 5.54. The molecule has 1 aliphatic carbocycles. The van der Waals surface area contributed by atoms with Crippen LogP contribution in [0.3, 0.4) is 0 Å². The molecule has 2 aliphatic rings. The number of aromatic nitrogens is 1. The summed E-state index contributed by atoms with van der Waals surface area (Å²) in [6, 6.07) is 0.0858. The van der Waals surface area contributed by atoms with Crippen LogP contribution in [0, 0.1) is 12.3 Å². The van der Waals surface area contributed by atoms with E-state index >= 15 is 0 Å². The summed E-state index contributed by atoms with van der Waals surface area (Å²) >= 11 is 1.42. The molecule has 1 N–H and O–H groups in total. The van der Waals surface area contributed by atoms with E-state index in [-0.39, 0.29) is 17.6 Å². The van der Waals surface area contributed by atoms with Crippen LogP contribution in [-0.2, 0) is 4.74 Å². The number of rotatable bonds is 4. The molecule has 1 amide bonds. The lowest BCUT2D eigenvalue weighted by molar-refractivity contribution is -0.142. The molecule has 1 aromatic heterocycles. The predicted octanol–water partition coefficient (Wildman–Crippen LogP) is 3.63. The number of hydrogen-bond donors (Lipinski definition) is 1. The Morgan fingerprint density at radius 3 is 2.96 bits per heavy atom. The second-order valence-corrected chi connectivity index (χ2v) is 9.89. The highest BCUT2D eigenvalue weighted by atomic mass is 32.1. The molecule has 2 heterocycles. The normalized spacial score (nSPS) is 27.6. The Morgan fingerprint density at radius 1 is 1.46 bits per heavy atom. The van der Waals surface area contributed by atoms with Crippen molar-refractivity contribution in [2.45, 2.75) is 71.4 Å². The van der Waals surface area contributed by atoms with Gasteiger partial charge in [0.15, 0.2) is 0 Å². The number of ether oxygens (including phenoxy) is 1. The number of nitrogens with zero attached hydrogens (tertiary/aromatic N) is 2. The van der Waals surface area contributed by atoms with E-state index in [2.05, 4.69) is 36.0 Å². The Bertz CT molecular complexity index is 621. The quantitative estimate of drug-likeness (QED) is 0.868. The third kappa shape index (κ3) is 4.65. The number of thiazole rings is 1. The molecule has 0 unspecified atom stereocenters. The smallest absolute Gasteiger partial charge is 0.263 e. The van der Waals surface area contributed by atoms with Crippen molar-refractivity contribution in [1.82, 2.24) is 15.2 Å². The van der Waals surface area contributed by atoms with Gasteiger partial charge in [0.05, 0.1) is 23.9 Å². The van der Waals surface area contributed by atoms with E-state index in [0.717, 1.165) is 56.1 Å². The van der Waals surface area contributed by atoms with Gasteiger partial charge in [-0.2, -0.15) is 0 Å². The van der Waals surface area contributed by atoms with Crippen molar-refractivity contribution in [3.63, 3.8) is 0 Å². The average Bonchev–Trinajstić information content (AvgIpc) is 3.01. The fraction of sp³-hybridized carbons (Fsp3) is 0.800. The average molecular weight is 380 g/mol. The Labute approximate surface area is 161 Å². The van der Waals surface area contributed by atoms with Crippen molar-refractivity contribution in [2.24, 2.45) is 5.41 Å². The summed E-state index contributed by atoms with van der Waals surface area (Å²) in [7, 11) is 0. The number of aryl methyl sites for hydroxylation is 1. The first-order valence-corrected chi connectivity index (χ1v) is 10.7. The maximum absolute atomic E-state index is 12.7. The van der Waals surface area contributed by atoms with Gasteiger partial charge in [-0.3, -0.25) is 9.69 Å². The monoisotopic (exact) mass is 379 g/mol. The first-order chi connectivity index (χ1) is 12.3. The lowest BCUT2D eigenvalue weighted by Gasteiger charge is -2.50. The third-order valence-corrected chi connectivity index (χ3v) is 6.63. The molecule has 0 bridgehead atoms. The van der Waals surface area contributed by atoms with E-state index in [9.17, 15) is 4.79 Å². The third-order valence-electron chi connectivity index (χ3n) is 5.70.